The maximum Gasteiger partial charge on any atom is 0.231 e. The van der Waals surface area contributed by atoms with Crippen molar-refractivity contribution < 1.29 is 13.2 Å². The Labute approximate surface area is 139 Å². The number of aromatic nitrogens is 1. The Morgan fingerprint density at radius 2 is 1.96 bits per heavy atom. The monoisotopic (exact) mass is 353 g/mol. The van der Waals surface area contributed by atoms with Crippen molar-refractivity contribution in [1.82, 2.24) is 9.29 Å². The molecule has 0 unspecified atom stereocenters. The molecule has 2 heterocycles. The van der Waals surface area contributed by atoms with Gasteiger partial charge in [0.25, 0.3) is 0 Å². The van der Waals surface area contributed by atoms with Crippen LogP contribution in [0.2, 0.25) is 0 Å². The van der Waals surface area contributed by atoms with E-state index in [1.165, 1.54) is 21.9 Å². The summed E-state index contributed by atoms with van der Waals surface area (Å²) in [6.07, 6.45) is 2.32. The van der Waals surface area contributed by atoms with Crippen LogP contribution in [-0.4, -0.2) is 50.0 Å². The summed E-state index contributed by atoms with van der Waals surface area (Å²) >= 11 is 1.49. The van der Waals surface area contributed by atoms with Gasteiger partial charge in [-0.05, 0) is 25.0 Å². The number of piperidine rings is 1. The van der Waals surface area contributed by atoms with Crippen LogP contribution >= 0.6 is 11.3 Å². The summed E-state index contributed by atoms with van der Waals surface area (Å²) in [6, 6.07) is 7.79. The fraction of sp³-hybridized carbons (Fsp3) is 0.467. The molecule has 0 saturated carbocycles. The molecule has 1 fully saturated rings. The number of carbonyl (C=O) groups is 1. The summed E-state index contributed by atoms with van der Waals surface area (Å²) in [4.78, 5) is 18.8. The molecule has 0 spiro atoms. The lowest BCUT2D eigenvalue weighted by Gasteiger charge is -2.31. The van der Waals surface area contributed by atoms with Crippen molar-refractivity contribution in [3.8, 4) is 0 Å². The summed E-state index contributed by atoms with van der Waals surface area (Å²) in [5.41, 5.74) is 0.888. The second kappa shape index (κ2) is 6.18. The van der Waals surface area contributed by atoms with Crippen LogP contribution in [0, 0.1) is 5.92 Å². The lowest BCUT2D eigenvalue weighted by Crippen LogP contribution is -2.43. The first-order chi connectivity index (χ1) is 10.9. The molecule has 1 aliphatic heterocycles. The molecule has 23 heavy (non-hydrogen) atoms. The Bertz CT molecular complexity index is 790. The number of fused-ring (bicyclic) bond motifs is 1. The normalized spacial score (nSPS) is 17.5. The topological polar surface area (TPSA) is 70.6 Å². The van der Waals surface area contributed by atoms with E-state index in [1.807, 2.05) is 24.3 Å². The standard InChI is InChI=1S/C15H19N3O3S2/c1-17(15-16-12-5-3-4-6-13(12)22-15)14(19)11-7-9-18(10-8-11)23(2,20)21/h3-6,11H,7-10H2,1-2H3. The van der Waals surface area contributed by atoms with Gasteiger partial charge >= 0.3 is 0 Å². The molecular weight excluding hydrogens is 334 g/mol. The number of amides is 1. The Balaban J connectivity index is 1.71. The zero-order valence-corrected chi connectivity index (χ0v) is 14.7. The van der Waals surface area contributed by atoms with Crippen molar-refractivity contribution in [2.75, 3.05) is 31.3 Å². The Hall–Kier alpha value is -1.51. The highest BCUT2D eigenvalue weighted by Crippen LogP contribution is 2.30. The van der Waals surface area contributed by atoms with Crippen LogP contribution in [0.5, 0.6) is 0 Å². The highest BCUT2D eigenvalue weighted by atomic mass is 32.2. The first-order valence-electron chi connectivity index (χ1n) is 7.44. The molecule has 0 bridgehead atoms. The average molecular weight is 353 g/mol. The quantitative estimate of drug-likeness (QED) is 0.845. The van der Waals surface area contributed by atoms with Crippen LogP contribution in [-0.2, 0) is 14.8 Å². The number of thiazole rings is 1. The van der Waals surface area contributed by atoms with Crippen molar-refractivity contribution in [3.63, 3.8) is 0 Å². The van der Waals surface area contributed by atoms with Crippen LogP contribution in [0.1, 0.15) is 12.8 Å². The first kappa shape index (κ1) is 16.4. The van der Waals surface area contributed by atoms with E-state index in [0.717, 1.165) is 10.2 Å². The third kappa shape index (κ3) is 3.39. The van der Waals surface area contributed by atoms with E-state index in [9.17, 15) is 13.2 Å². The van der Waals surface area contributed by atoms with Crippen molar-refractivity contribution in [2.24, 2.45) is 5.92 Å². The number of carbonyl (C=O) groups excluding carboxylic acids is 1. The molecule has 1 aromatic heterocycles. The summed E-state index contributed by atoms with van der Waals surface area (Å²) in [7, 11) is -1.43. The zero-order chi connectivity index (χ0) is 16.6. The van der Waals surface area contributed by atoms with Crippen LogP contribution in [0.3, 0.4) is 0 Å². The summed E-state index contributed by atoms with van der Waals surface area (Å²) < 4.78 is 25.6. The van der Waals surface area contributed by atoms with Gasteiger partial charge in [0.1, 0.15) is 0 Å². The molecule has 1 aliphatic rings. The highest BCUT2D eigenvalue weighted by molar-refractivity contribution is 7.88. The van der Waals surface area contributed by atoms with Crippen molar-refractivity contribution >= 4 is 42.6 Å². The average Bonchev–Trinajstić information content (AvgIpc) is 2.96. The van der Waals surface area contributed by atoms with E-state index in [4.69, 9.17) is 0 Å². The second-order valence-corrected chi connectivity index (χ2v) is 8.79. The SMILES string of the molecule is CN(C(=O)C1CCN(S(C)(=O)=O)CC1)c1nc2ccccc2s1. The predicted molar refractivity (Wildman–Crippen MR) is 92.2 cm³/mol. The fourth-order valence-electron chi connectivity index (χ4n) is 2.81. The Kier molecular flexibility index (Phi) is 4.39. The van der Waals surface area contributed by atoms with Gasteiger partial charge in [-0.3, -0.25) is 9.69 Å². The van der Waals surface area contributed by atoms with Crippen molar-refractivity contribution in [1.29, 1.82) is 0 Å². The number of para-hydroxylation sites is 1. The fourth-order valence-corrected chi connectivity index (χ4v) is 4.61. The van der Waals surface area contributed by atoms with Crippen LogP contribution < -0.4 is 4.90 Å². The van der Waals surface area contributed by atoms with E-state index >= 15 is 0 Å². The van der Waals surface area contributed by atoms with Gasteiger partial charge in [0.15, 0.2) is 5.13 Å². The maximum atomic E-state index is 12.7. The number of anilines is 1. The van der Waals surface area contributed by atoms with Gasteiger partial charge in [0.05, 0.1) is 16.5 Å². The highest BCUT2D eigenvalue weighted by Gasteiger charge is 2.31. The third-order valence-corrected chi connectivity index (χ3v) is 6.59. The van der Waals surface area contributed by atoms with E-state index < -0.39 is 10.0 Å². The number of nitrogens with zero attached hydrogens (tertiary/aromatic N) is 3. The predicted octanol–water partition coefficient (Wildman–Crippen LogP) is 1.93. The number of rotatable bonds is 3. The molecule has 0 N–H and O–H groups in total. The number of sulfonamides is 1. The number of benzene rings is 1. The smallest absolute Gasteiger partial charge is 0.231 e. The van der Waals surface area contributed by atoms with Gasteiger partial charge in [-0.2, -0.15) is 0 Å². The summed E-state index contributed by atoms with van der Waals surface area (Å²) in [5, 5.41) is 0.682. The molecular formula is C15H19N3O3S2. The molecule has 3 rings (SSSR count). The van der Waals surface area contributed by atoms with Gasteiger partial charge in [0, 0.05) is 26.1 Å². The molecule has 8 heteroatoms. The maximum absolute atomic E-state index is 12.7. The minimum absolute atomic E-state index is 0.0113. The molecule has 6 nitrogen and oxygen atoms in total. The van der Waals surface area contributed by atoms with Gasteiger partial charge < -0.3 is 0 Å². The lowest BCUT2D eigenvalue weighted by molar-refractivity contribution is -0.123. The molecule has 1 saturated heterocycles. The molecule has 1 amide bonds. The number of hydrogen-bond acceptors (Lipinski definition) is 5. The van der Waals surface area contributed by atoms with Gasteiger partial charge in [-0.1, -0.05) is 23.5 Å². The summed E-state index contributed by atoms with van der Waals surface area (Å²) in [5.74, 6) is -0.137. The zero-order valence-electron chi connectivity index (χ0n) is 13.1. The van der Waals surface area contributed by atoms with Gasteiger partial charge in [-0.25, -0.2) is 17.7 Å². The van der Waals surface area contributed by atoms with Crippen molar-refractivity contribution in [3.05, 3.63) is 24.3 Å². The largest absolute Gasteiger partial charge is 0.291 e. The van der Waals surface area contributed by atoms with E-state index in [0.29, 0.717) is 31.1 Å². The third-order valence-electron chi connectivity index (χ3n) is 4.17. The second-order valence-electron chi connectivity index (χ2n) is 5.80. The minimum atomic E-state index is -3.17. The van der Waals surface area contributed by atoms with Gasteiger partial charge in [-0.15, -0.1) is 0 Å². The molecule has 0 aliphatic carbocycles. The molecule has 0 atom stereocenters. The minimum Gasteiger partial charge on any atom is -0.291 e. The summed E-state index contributed by atoms with van der Waals surface area (Å²) in [6.45, 7) is 0.811. The van der Waals surface area contributed by atoms with E-state index in [-0.39, 0.29) is 11.8 Å². The van der Waals surface area contributed by atoms with Crippen LogP contribution in [0.15, 0.2) is 24.3 Å². The lowest BCUT2D eigenvalue weighted by atomic mass is 9.97. The molecule has 1 aromatic carbocycles. The first-order valence-corrected chi connectivity index (χ1v) is 10.1. The van der Waals surface area contributed by atoms with E-state index in [2.05, 4.69) is 4.98 Å². The molecule has 124 valence electrons. The van der Waals surface area contributed by atoms with Crippen LogP contribution in [0.25, 0.3) is 10.2 Å². The molecule has 0 radical (unpaired) electrons. The molecule has 2 aromatic rings. The van der Waals surface area contributed by atoms with Crippen LogP contribution in [0.4, 0.5) is 5.13 Å². The van der Waals surface area contributed by atoms with Crippen molar-refractivity contribution in [2.45, 2.75) is 12.8 Å². The number of hydrogen-bond donors (Lipinski definition) is 0. The Morgan fingerprint density at radius 3 is 2.57 bits per heavy atom. The Morgan fingerprint density at radius 1 is 1.30 bits per heavy atom. The van der Waals surface area contributed by atoms with E-state index in [1.54, 1.807) is 11.9 Å². The van der Waals surface area contributed by atoms with Gasteiger partial charge in [0.2, 0.25) is 15.9 Å².